The van der Waals surface area contributed by atoms with Gasteiger partial charge in [0.2, 0.25) is 0 Å². The topological polar surface area (TPSA) is 130 Å². The number of aliphatic hydroxyl groups excluding tert-OH is 1. The number of carbonyl (C=O) groups excluding carboxylic acids is 3. The number of nitrogens with one attached hydrogen (secondary N) is 2. The van der Waals surface area contributed by atoms with Crippen molar-refractivity contribution in [2.45, 2.75) is 58.3 Å². The summed E-state index contributed by atoms with van der Waals surface area (Å²) >= 11 is 0. The number of nitrogens with zero attached hydrogens (tertiary/aromatic N) is 2. The first kappa shape index (κ1) is 36.2. The molecule has 3 aromatic carbocycles. The van der Waals surface area contributed by atoms with E-state index in [1.54, 1.807) is 85.5 Å². The van der Waals surface area contributed by atoms with Gasteiger partial charge in [-0.25, -0.2) is 4.79 Å². The second kappa shape index (κ2) is 17.5. The van der Waals surface area contributed by atoms with Crippen LogP contribution in [0.4, 0.5) is 16.2 Å². The van der Waals surface area contributed by atoms with Crippen molar-refractivity contribution in [2.24, 2.45) is 5.92 Å². The summed E-state index contributed by atoms with van der Waals surface area (Å²) in [5.74, 6) is 0.403. The van der Waals surface area contributed by atoms with E-state index in [0.29, 0.717) is 41.6 Å². The minimum atomic E-state index is -0.530. The molecule has 11 heteroatoms. The Kier molecular flexibility index (Phi) is 13.2. The Morgan fingerprint density at radius 3 is 2.40 bits per heavy atom. The van der Waals surface area contributed by atoms with Gasteiger partial charge in [0.25, 0.3) is 11.8 Å². The zero-order chi connectivity index (χ0) is 34.6. The van der Waals surface area contributed by atoms with E-state index in [1.807, 2.05) is 32.0 Å². The summed E-state index contributed by atoms with van der Waals surface area (Å²) in [6, 6.07) is 20.0. The average molecular weight is 661 g/mol. The lowest BCUT2D eigenvalue weighted by atomic mass is 10.0. The third-order valence-electron chi connectivity index (χ3n) is 8.48. The lowest BCUT2D eigenvalue weighted by Crippen LogP contribution is -2.48. The van der Waals surface area contributed by atoms with E-state index in [4.69, 9.17) is 14.2 Å². The molecule has 11 nitrogen and oxygen atoms in total. The van der Waals surface area contributed by atoms with Gasteiger partial charge in [-0.05, 0) is 87.7 Å². The van der Waals surface area contributed by atoms with Crippen molar-refractivity contribution >= 4 is 29.2 Å². The zero-order valence-corrected chi connectivity index (χ0v) is 28.5. The predicted molar refractivity (Wildman–Crippen MR) is 186 cm³/mol. The maximum absolute atomic E-state index is 14.4. The number of likely N-dealkylation sites (N-methyl/N-ethyl adjacent to an activating group) is 1. The fraction of sp³-hybridized carbons (Fsp3) is 0.432. The lowest BCUT2D eigenvalue weighted by Gasteiger charge is -2.36. The number of aliphatic hydroxyl groups is 1. The number of hydrogen-bond donors (Lipinski definition) is 3. The van der Waals surface area contributed by atoms with Crippen LogP contribution in [0.3, 0.4) is 0 Å². The quantitative estimate of drug-likeness (QED) is 0.274. The minimum Gasteiger partial charge on any atom is -0.497 e. The number of carbonyl (C=O) groups is 3. The van der Waals surface area contributed by atoms with Crippen LogP contribution in [0.1, 0.15) is 60.7 Å². The van der Waals surface area contributed by atoms with Gasteiger partial charge in [-0.1, -0.05) is 25.1 Å². The molecule has 0 unspecified atom stereocenters. The molecule has 4 amide bonds. The smallest absolute Gasteiger partial charge is 0.323 e. The molecule has 1 aliphatic rings. The largest absolute Gasteiger partial charge is 0.497 e. The number of hydrogen-bond acceptors (Lipinski definition) is 7. The van der Waals surface area contributed by atoms with E-state index in [1.165, 1.54) is 0 Å². The van der Waals surface area contributed by atoms with Gasteiger partial charge >= 0.3 is 6.03 Å². The summed E-state index contributed by atoms with van der Waals surface area (Å²) in [6.45, 7) is 6.55. The van der Waals surface area contributed by atoms with Crippen molar-refractivity contribution in [1.82, 2.24) is 9.80 Å². The number of fused-ring (bicyclic) bond motifs is 1. The molecular formula is C37H48N4O7. The molecule has 1 heterocycles. The molecule has 0 saturated heterocycles. The van der Waals surface area contributed by atoms with Crippen molar-refractivity contribution in [3.05, 3.63) is 83.9 Å². The second-order valence-electron chi connectivity index (χ2n) is 12.4. The van der Waals surface area contributed by atoms with Gasteiger partial charge in [0.1, 0.15) is 11.5 Å². The van der Waals surface area contributed by atoms with Crippen molar-refractivity contribution in [3.8, 4) is 11.5 Å². The standard InChI is InChI=1S/C37H48N4O7/c1-25-22-41(26(2)24-42)36(44)32-21-30(39-37(45)38-29-14-17-31(46-5)18-15-29)16-19-33(32)48-27(3)11-9-10-20-47-34(25)23-40(4)35(43)28-12-7-6-8-13-28/h6-8,12-19,21,25-27,34,42H,9-11,20,22-24H2,1-5H3,(H2,38,39,45)/t25-,26-,27-,34+/m1/s1. The van der Waals surface area contributed by atoms with E-state index in [9.17, 15) is 19.5 Å². The summed E-state index contributed by atoms with van der Waals surface area (Å²) < 4.78 is 17.8. The maximum atomic E-state index is 14.4. The molecule has 4 rings (SSSR count). The van der Waals surface area contributed by atoms with Crippen LogP contribution in [0.2, 0.25) is 0 Å². The third kappa shape index (κ3) is 9.95. The highest BCUT2D eigenvalue weighted by Gasteiger charge is 2.31. The molecule has 0 fully saturated rings. The van der Waals surface area contributed by atoms with Gasteiger partial charge in [0.15, 0.2) is 0 Å². The summed E-state index contributed by atoms with van der Waals surface area (Å²) in [5, 5.41) is 15.8. The van der Waals surface area contributed by atoms with E-state index >= 15 is 0 Å². The van der Waals surface area contributed by atoms with Gasteiger partial charge in [-0.3, -0.25) is 9.59 Å². The van der Waals surface area contributed by atoms with Crippen LogP contribution in [0.5, 0.6) is 11.5 Å². The molecule has 0 spiro atoms. The summed E-state index contributed by atoms with van der Waals surface area (Å²) in [7, 11) is 3.32. The Morgan fingerprint density at radius 2 is 1.71 bits per heavy atom. The van der Waals surface area contributed by atoms with Gasteiger partial charge in [-0.15, -0.1) is 0 Å². The van der Waals surface area contributed by atoms with Crippen LogP contribution >= 0.6 is 0 Å². The van der Waals surface area contributed by atoms with Crippen molar-refractivity contribution in [1.29, 1.82) is 0 Å². The molecule has 0 saturated carbocycles. The summed E-state index contributed by atoms with van der Waals surface area (Å²) in [6.07, 6.45) is 1.84. The van der Waals surface area contributed by atoms with Crippen LogP contribution in [0.15, 0.2) is 72.8 Å². The van der Waals surface area contributed by atoms with Gasteiger partial charge in [0.05, 0.1) is 37.5 Å². The number of rotatable bonds is 8. The zero-order valence-electron chi connectivity index (χ0n) is 28.5. The molecule has 3 aromatic rings. The molecule has 0 aliphatic carbocycles. The molecule has 0 aromatic heterocycles. The first-order chi connectivity index (χ1) is 23.1. The minimum absolute atomic E-state index is 0.113. The van der Waals surface area contributed by atoms with Gasteiger partial charge in [0, 0.05) is 49.6 Å². The molecule has 1 aliphatic heterocycles. The van der Waals surface area contributed by atoms with E-state index in [-0.39, 0.29) is 48.7 Å². The van der Waals surface area contributed by atoms with Crippen LogP contribution in [0.25, 0.3) is 0 Å². The lowest BCUT2D eigenvalue weighted by molar-refractivity contribution is -0.0149. The van der Waals surface area contributed by atoms with E-state index in [0.717, 1.165) is 19.3 Å². The number of anilines is 2. The molecule has 258 valence electrons. The van der Waals surface area contributed by atoms with Gasteiger partial charge in [-0.2, -0.15) is 0 Å². The number of benzene rings is 3. The highest BCUT2D eigenvalue weighted by Crippen LogP contribution is 2.29. The molecule has 0 bridgehead atoms. The molecular weight excluding hydrogens is 612 g/mol. The monoisotopic (exact) mass is 660 g/mol. The molecule has 4 atom stereocenters. The summed E-state index contributed by atoms with van der Waals surface area (Å²) in [4.78, 5) is 43.7. The van der Waals surface area contributed by atoms with Crippen LogP contribution < -0.4 is 20.1 Å². The highest BCUT2D eigenvalue weighted by molar-refractivity contribution is 6.02. The SMILES string of the molecule is COc1ccc(NC(=O)Nc2ccc3c(c2)C(=O)N([C@H](C)CO)C[C@@H](C)[C@H](CN(C)C(=O)c2ccccc2)OCCCC[C@@H](C)O3)cc1. The van der Waals surface area contributed by atoms with Crippen LogP contribution in [-0.2, 0) is 4.74 Å². The Morgan fingerprint density at radius 1 is 1.02 bits per heavy atom. The van der Waals surface area contributed by atoms with E-state index < -0.39 is 12.1 Å². The normalized spacial score (nSPS) is 19.6. The Labute approximate surface area is 283 Å². The fourth-order valence-electron chi connectivity index (χ4n) is 5.58. The second-order valence-corrected chi connectivity index (χ2v) is 12.4. The molecule has 3 N–H and O–H groups in total. The van der Waals surface area contributed by atoms with Crippen molar-refractivity contribution in [2.75, 3.05) is 51.1 Å². The number of amides is 4. The number of methoxy groups -OCH3 is 1. The predicted octanol–water partition coefficient (Wildman–Crippen LogP) is 5.91. The average Bonchev–Trinajstić information content (AvgIpc) is 3.09. The van der Waals surface area contributed by atoms with Crippen molar-refractivity contribution < 1.29 is 33.7 Å². The fourth-order valence-corrected chi connectivity index (χ4v) is 5.58. The maximum Gasteiger partial charge on any atom is 0.323 e. The van der Waals surface area contributed by atoms with Crippen LogP contribution in [-0.4, -0.2) is 91.5 Å². The summed E-state index contributed by atoms with van der Waals surface area (Å²) in [5.41, 5.74) is 1.83. The highest BCUT2D eigenvalue weighted by atomic mass is 16.5. The number of urea groups is 1. The Hall–Kier alpha value is -4.61. The first-order valence-electron chi connectivity index (χ1n) is 16.5. The Balaban J connectivity index is 1.59. The number of ether oxygens (including phenoxy) is 3. The van der Waals surface area contributed by atoms with E-state index in [2.05, 4.69) is 10.6 Å². The van der Waals surface area contributed by atoms with Gasteiger partial charge < -0.3 is 39.8 Å². The molecule has 48 heavy (non-hydrogen) atoms. The van der Waals surface area contributed by atoms with Crippen molar-refractivity contribution in [3.63, 3.8) is 0 Å². The third-order valence-corrected chi connectivity index (χ3v) is 8.48. The Bertz CT molecular complexity index is 1500. The first-order valence-corrected chi connectivity index (χ1v) is 16.5. The molecule has 0 radical (unpaired) electrons. The van der Waals surface area contributed by atoms with Crippen LogP contribution in [0, 0.1) is 5.92 Å².